The largest absolute Gasteiger partial charge is 0.479 e. The number of aryl methyl sites for hydroxylation is 1. The quantitative estimate of drug-likeness (QED) is 0.909. The van der Waals surface area contributed by atoms with E-state index in [1.54, 1.807) is 12.1 Å². The van der Waals surface area contributed by atoms with Crippen LogP contribution in [0.1, 0.15) is 31.9 Å². The summed E-state index contributed by atoms with van der Waals surface area (Å²) in [5, 5.41) is 12.5. The molecule has 3 rings (SSSR count). The maximum atomic E-state index is 12.5. The van der Waals surface area contributed by atoms with Crippen LogP contribution in [-0.2, 0) is 10.3 Å². The Morgan fingerprint density at radius 2 is 1.83 bits per heavy atom. The number of fused-ring (bicyclic) bond motifs is 1. The molecular weight excluding hydrogens is 322 g/mol. The highest BCUT2D eigenvalue weighted by Gasteiger charge is 2.50. The van der Waals surface area contributed by atoms with E-state index in [0.717, 1.165) is 21.7 Å². The SMILES string of the molecule is Cc1cc(C2(C(=O)O)N=c3ccccc3=C2C(C)(C)C)ccc1Cl. The van der Waals surface area contributed by atoms with Crippen LogP contribution in [0.4, 0.5) is 0 Å². The number of rotatable bonds is 2. The topological polar surface area (TPSA) is 49.7 Å². The molecule has 124 valence electrons. The number of carboxylic acid groups (broad SMARTS) is 1. The van der Waals surface area contributed by atoms with Crippen molar-refractivity contribution in [2.75, 3.05) is 0 Å². The van der Waals surface area contributed by atoms with Gasteiger partial charge >= 0.3 is 5.97 Å². The van der Waals surface area contributed by atoms with Crippen LogP contribution in [0.2, 0.25) is 5.02 Å². The minimum Gasteiger partial charge on any atom is -0.479 e. The van der Waals surface area contributed by atoms with Crippen molar-refractivity contribution >= 4 is 23.1 Å². The Kier molecular flexibility index (Phi) is 3.80. The highest BCUT2D eigenvalue weighted by Crippen LogP contribution is 2.45. The lowest BCUT2D eigenvalue weighted by Gasteiger charge is -2.34. The second kappa shape index (κ2) is 5.45. The van der Waals surface area contributed by atoms with E-state index in [-0.39, 0.29) is 5.41 Å². The molecule has 1 aliphatic rings. The van der Waals surface area contributed by atoms with Crippen molar-refractivity contribution < 1.29 is 9.90 Å². The van der Waals surface area contributed by atoms with Crippen molar-refractivity contribution in [3.8, 4) is 0 Å². The van der Waals surface area contributed by atoms with Gasteiger partial charge < -0.3 is 5.11 Å². The molecule has 0 saturated carbocycles. The fourth-order valence-electron chi connectivity index (χ4n) is 3.52. The molecule has 0 amide bonds. The Morgan fingerprint density at radius 3 is 2.42 bits per heavy atom. The Labute approximate surface area is 146 Å². The van der Waals surface area contributed by atoms with Gasteiger partial charge in [0.1, 0.15) is 0 Å². The second-order valence-corrected chi connectivity index (χ2v) is 7.64. The molecule has 1 aliphatic heterocycles. The predicted molar refractivity (Wildman–Crippen MR) is 95.6 cm³/mol. The van der Waals surface area contributed by atoms with Crippen LogP contribution in [0.3, 0.4) is 0 Å². The monoisotopic (exact) mass is 341 g/mol. The summed E-state index contributed by atoms with van der Waals surface area (Å²) in [6.45, 7) is 7.96. The fourth-order valence-corrected chi connectivity index (χ4v) is 3.64. The number of carboxylic acids is 1. The van der Waals surface area contributed by atoms with Crippen molar-refractivity contribution in [1.82, 2.24) is 0 Å². The third kappa shape index (κ3) is 2.35. The van der Waals surface area contributed by atoms with Crippen molar-refractivity contribution in [2.24, 2.45) is 10.4 Å². The van der Waals surface area contributed by atoms with E-state index in [1.807, 2.05) is 58.0 Å². The molecule has 1 unspecified atom stereocenters. The number of halogens is 1. The highest BCUT2D eigenvalue weighted by molar-refractivity contribution is 6.31. The first-order valence-corrected chi connectivity index (χ1v) is 8.26. The molecule has 24 heavy (non-hydrogen) atoms. The van der Waals surface area contributed by atoms with E-state index in [9.17, 15) is 9.90 Å². The zero-order chi connectivity index (χ0) is 17.7. The first-order valence-electron chi connectivity index (χ1n) is 7.88. The van der Waals surface area contributed by atoms with E-state index in [1.165, 1.54) is 0 Å². The van der Waals surface area contributed by atoms with E-state index < -0.39 is 11.5 Å². The number of para-hydroxylation sites is 1. The molecule has 2 aromatic rings. The fraction of sp³-hybridized carbons (Fsp3) is 0.300. The molecule has 0 radical (unpaired) electrons. The Balaban J connectivity index is 2.46. The van der Waals surface area contributed by atoms with Crippen molar-refractivity contribution in [1.29, 1.82) is 0 Å². The van der Waals surface area contributed by atoms with Gasteiger partial charge in [0.15, 0.2) is 0 Å². The van der Waals surface area contributed by atoms with Gasteiger partial charge in [0.05, 0.1) is 5.36 Å². The molecule has 1 atom stereocenters. The Hall–Kier alpha value is -2.13. The van der Waals surface area contributed by atoms with Crippen LogP contribution < -0.4 is 10.6 Å². The van der Waals surface area contributed by atoms with E-state index >= 15 is 0 Å². The van der Waals surface area contributed by atoms with Crippen LogP contribution in [-0.4, -0.2) is 11.1 Å². The van der Waals surface area contributed by atoms with Crippen molar-refractivity contribution in [3.63, 3.8) is 0 Å². The maximum absolute atomic E-state index is 12.5. The lowest BCUT2D eigenvalue weighted by Crippen LogP contribution is -2.40. The Bertz CT molecular complexity index is 956. The van der Waals surface area contributed by atoms with Gasteiger partial charge in [-0.2, -0.15) is 0 Å². The van der Waals surface area contributed by atoms with Gasteiger partial charge in [-0.15, -0.1) is 0 Å². The summed E-state index contributed by atoms with van der Waals surface area (Å²) in [7, 11) is 0. The number of hydrogen-bond acceptors (Lipinski definition) is 2. The summed E-state index contributed by atoms with van der Waals surface area (Å²) in [5.41, 5.74) is 0.506. The smallest absolute Gasteiger partial charge is 0.340 e. The number of hydrogen-bond donors (Lipinski definition) is 1. The van der Waals surface area contributed by atoms with Crippen molar-refractivity contribution in [2.45, 2.75) is 33.2 Å². The summed E-state index contributed by atoms with van der Waals surface area (Å²) in [6.07, 6.45) is 0. The molecule has 0 spiro atoms. The molecular formula is C20H20ClNO2. The summed E-state index contributed by atoms with van der Waals surface area (Å²) in [4.78, 5) is 17.2. The maximum Gasteiger partial charge on any atom is 0.340 e. The average molecular weight is 342 g/mol. The summed E-state index contributed by atoms with van der Waals surface area (Å²) < 4.78 is 0. The predicted octanol–water partition coefficient (Wildman–Crippen LogP) is 3.46. The first-order chi connectivity index (χ1) is 11.2. The Morgan fingerprint density at radius 1 is 1.17 bits per heavy atom. The zero-order valence-corrected chi connectivity index (χ0v) is 15.0. The molecule has 0 saturated heterocycles. The molecule has 0 aliphatic carbocycles. The molecule has 2 aromatic carbocycles. The van der Waals surface area contributed by atoms with Gasteiger partial charge in [-0.1, -0.05) is 62.7 Å². The third-order valence-corrected chi connectivity index (χ3v) is 4.88. The van der Waals surface area contributed by atoms with Gasteiger partial charge in [0, 0.05) is 10.2 Å². The average Bonchev–Trinajstić information content (AvgIpc) is 2.86. The normalized spacial score (nSPS) is 19.8. The standard InChI is InChI=1S/C20H20ClNO2/c1-12-11-13(9-10-15(12)21)20(18(23)24)17(19(2,3)4)14-7-5-6-8-16(14)22-20/h5-11H,1-4H3,(H,23,24). The molecule has 3 nitrogen and oxygen atoms in total. The number of aliphatic carboxylic acids is 1. The highest BCUT2D eigenvalue weighted by atomic mass is 35.5. The molecule has 1 N–H and O–H groups in total. The first kappa shape index (κ1) is 16.7. The zero-order valence-electron chi connectivity index (χ0n) is 14.2. The van der Waals surface area contributed by atoms with E-state index in [0.29, 0.717) is 10.6 Å². The molecule has 1 heterocycles. The number of benzene rings is 2. The summed E-state index contributed by atoms with van der Waals surface area (Å²) >= 11 is 6.14. The van der Waals surface area contributed by atoms with E-state index in [4.69, 9.17) is 16.6 Å². The van der Waals surface area contributed by atoms with Crippen LogP contribution in [0.15, 0.2) is 47.5 Å². The van der Waals surface area contributed by atoms with E-state index in [2.05, 4.69) is 0 Å². The summed E-state index contributed by atoms with van der Waals surface area (Å²) in [5.74, 6) is -0.967. The molecule has 4 heteroatoms. The lowest BCUT2D eigenvalue weighted by atomic mass is 9.71. The third-order valence-electron chi connectivity index (χ3n) is 4.46. The minimum atomic E-state index is -1.42. The van der Waals surface area contributed by atoms with Crippen LogP contribution in [0, 0.1) is 12.3 Å². The second-order valence-electron chi connectivity index (χ2n) is 7.23. The van der Waals surface area contributed by atoms with Gasteiger partial charge in [-0.3, -0.25) is 4.99 Å². The van der Waals surface area contributed by atoms with Crippen LogP contribution >= 0.6 is 11.6 Å². The number of carbonyl (C=O) groups is 1. The van der Waals surface area contributed by atoms with Crippen LogP contribution in [0.5, 0.6) is 0 Å². The van der Waals surface area contributed by atoms with Crippen molar-refractivity contribution in [3.05, 3.63) is 69.2 Å². The molecule has 0 fully saturated rings. The van der Waals surface area contributed by atoms with Gasteiger partial charge in [0.2, 0.25) is 5.54 Å². The molecule has 0 aromatic heterocycles. The van der Waals surface area contributed by atoms with Gasteiger partial charge in [-0.05, 0) is 41.2 Å². The molecule has 0 bridgehead atoms. The summed E-state index contributed by atoms with van der Waals surface area (Å²) in [6, 6.07) is 13.0. The van der Waals surface area contributed by atoms with Gasteiger partial charge in [-0.25, -0.2) is 4.79 Å². The van der Waals surface area contributed by atoms with Crippen LogP contribution in [0.25, 0.3) is 5.57 Å². The van der Waals surface area contributed by atoms with Gasteiger partial charge in [0.25, 0.3) is 0 Å². The number of nitrogens with zero attached hydrogens (tertiary/aromatic N) is 1. The lowest BCUT2D eigenvalue weighted by molar-refractivity contribution is -0.141. The minimum absolute atomic E-state index is 0.359.